The van der Waals surface area contributed by atoms with Gasteiger partial charge < -0.3 is 19.1 Å². The first-order valence-electron chi connectivity index (χ1n) is 9.75. The van der Waals surface area contributed by atoms with Crippen LogP contribution in [0.15, 0.2) is 24.3 Å². The van der Waals surface area contributed by atoms with Gasteiger partial charge in [-0.15, -0.1) is 0 Å². The third-order valence-corrected chi connectivity index (χ3v) is 5.68. The lowest BCUT2D eigenvalue weighted by atomic mass is 10.0. The fraction of sp³-hybridized carbons (Fsp3) is 0.700. The van der Waals surface area contributed by atoms with Crippen LogP contribution in [0.1, 0.15) is 24.8 Å². The second-order valence-corrected chi connectivity index (χ2v) is 7.32. The van der Waals surface area contributed by atoms with Crippen LogP contribution in [-0.4, -0.2) is 69.8 Å². The van der Waals surface area contributed by atoms with E-state index in [1.54, 1.807) is 0 Å². The van der Waals surface area contributed by atoms with E-state index in [2.05, 4.69) is 34.1 Å². The van der Waals surface area contributed by atoms with E-state index in [9.17, 15) is 0 Å². The summed E-state index contributed by atoms with van der Waals surface area (Å²) in [5.74, 6) is -0.282. The highest BCUT2D eigenvalue weighted by Gasteiger charge is 2.39. The molecule has 0 aliphatic carbocycles. The molecule has 1 spiro atoms. The molecular formula is C20H30N2O3. The summed E-state index contributed by atoms with van der Waals surface area (Å²) in [7, 11) is 0. The highest BCUT2D eigenvalue weighted by Crippen LogP contribution is 2.33. The summed E-state index contributed by atoms with van der Waals surface area (Å²) in [6.07, 6.45) is 4.31. The van der Waals surface area contributed by atoms with Gasteiger partial charge in [-0.25, -0.2) is 0 Å². The van der Waals surface area contributed by atoms with Crippen molar-refractivity contribution >= 4 is 5.69 Å². The fourth-order valence-corrected chi connectivity index (χ4v) is 4.10. The third kappa shape index (κ3) is 4.34. The van der Waals surface area contributed by atoms with Gasteiger partial charge in [0, 0.05) is 44.7 Å². The number of anilines is 1. The second-order valence-electron chi connectivity index (χ2n) is 7.32. The Labute approximate surface area is 150 Å². The van der Waals surface area contributed by atoms with Crippen molar-refractivity contribution in [2.24, 2.45) is 0 Å². The fourth-order valence-electron chi connectivity index (χ4n) is 4.10. The summed E-state index contributed by atoms with van der Waals surface area (Å²) in [6.45, 7) is 8.65. The van der Waals surface area contributed by atoms with Crippen molar-refractivity contribution in [1.29, 1.82) is 0 Å². The van der Waals surface area contributed by atoms with E-state index in [1.165, 1.54) is 24.2 Å². The molecule has 138 valence electrons. The van der Waals surface area contributed by atoms with Crippen LogP contribution in [0.3, 0.4) is 0 Å². The van der Waals surface area contributed by atoms with Crippen LogP contribution >= 0.6 is 0 Å². The largest absolute Gasteiger partial charge is 0.379 e. The van der Waals surface area contributed by atoms with E-state index >= 15 is 0 Å². The molecule has 4 rings (SSSR count). The maximum Gasteiger partial charge on any atom is 0.171 e. The molecule has 25 heavy (non-hydrogen) atoms. The van der Waals surface area contributed by atoms with Gasteiger partial charge in [0.05, 0.1) is 26.4 Å². The Kier molecular flexibility index (Phi) is 5.56. The van der Waals surface area contributed by atoms with Crippen LogP contribution in [0.4, 0.5) is 5.69 Å². The summed E-state index contributed by atoms with van der Waals surface area (Å²) in [6, 6.07) is 9.14. The Morgan fingerprint density at radius 2 is 1.52 bits per heavy atom. The zero-order valence-corrected chi connectivity index (χ0v) is 15.1. The van der Waals surface area contributed by atoms with E-state index in [4.69, 9.17) is 14.2 Å². The van der Waals surface area contributed by atoms with Crippen molar-refractivity contribution in [2.75, 3.05) is 64.1 Å². The van der Waals surface area contributed by atoms with Crippen molar-refractivity contribution in [3.8, 4) is 0 Å². The molecule has 3 saturated heterocycles. The number of hydrogen-bond acceptors (Lipinski definition) is 5. The minimum Gasteiger partial charge on any atom is -0.379 e. The zero-order valence-electron chi connectivity index (χ0n) is 15.1. The highest BCUT2D eigenvalue weighted by atomic mass is 16.7. The molecule has 0 radical (unpaired) electrons. The predicted octanol–water partition coefficient (Wildman–Crippen LogP) is 2.29. The molecule has 3 aliphatic rings. The number of hydrogen-bond donors (Lipinski definition) is 0. The summed E-state index contributed by atoms with van der Waals surface area (Å²) < 4.78 is 17.0. The lowest BCUT2D eigenvalue weighted by molar-refractivity contribution is -0.169. The predicted molar refractivity (Wildman–Crippen MR) is 98.1 cm³/mol. The molecule has 3 aliphatic heterocycles. The maximum atomic E-state index is 5.82. The molecule has 0 atom stereocenters. The van der Waals surface area contributed by atoms with Gasteiger partial charge in [-0.3, -0.25) is 4.90 Å². The molecule has 1 aromatic rings. The van der Waals surface area contributed by atoms with Crippen molar-refractivity contribution in [3.63, 3.8) is 0 Å². The van der Waals surface area contributed by atoms with Gasteiger partial charge >= 0.3 is 0 Å². The molecule has 0 bridgehead atoms. The minimum atomic E-state index is -0.282. The van der Waals surface area contributed by atoms with E-state index in [0.717, 1.165) is 71.9 Å². The highest BCUT2D eigenvalue weighted by molar-refractivity contribution is 5.48. The first-order chi connectivity index (χ1) is 12.3. The Morgan fingerprint density at radius 3 is 2.20 bits per heavy atom. The molecule has 0 amide bonds. The second kappa shape index (κ2) is 8.04. The molecular weight excluding hydrogens is 316 g/mol. The average molecular weight is 346 g/mol. The maximum absolute atomic E-state index is 5.82. The SMILES string of the molecule is c1cc(N2CCC3(CC2)OCCO3)ccc1CCCN1CCOCC1. The van der Waals surface area contributed by atoms with Crippen molar-refractivity contribution < 1.29 is 14.2 Å². The molecule has 0 aromatic heterocycles. The summed E-state index contributed by atoms with van der Waals surface area (Å²) >= 11 is 0. The molecule has 3 heterocycles. The minimum absolute atomic E-state index is 0.282. The van der Waals surface area contributed by atoms with Gasteiger partial charge in [0.2, 0.25) is 0 Å². The average Bonchev–Trinajstić information content (AvgIpc) is 3.12. The standard InChI is InChI=1S/C20H30N2O3/c1(9-21-12-14-23-15-13-21)2-18-3-5-19(6-4-18)22-10-7-20(8-11-22)24-16-17-25-20/h3-6H,1-2,7-17H2. The van der Waals surface area contributed by atoms with Crippen LogP contribution in [-0.2, 0) is 20.6 Å². The van der Waals surface area contributed by atoms with Gasteiger partial charge in [0.25, 0.3) is 0 Å². The van der Waals surface area contributed by atoms with E-state index in [1.807, 2.05) is 0 Å². The third-order valence-electron chi connectivity index (χ3n) is 5.68. The number of ether oxygens (including phenoxy) is 3. The lowest BCUT2D eigenvalue weighted by Gasteiger charge is -2.38. The topological polar surface area (TPSA) is 34.2 Å². The summed E-state index contributed by atoms with van der Waals surface area (Å²) in [4.78, 5) is 4.96. The van der Waals surface area contributed by atoms with Crippen LogP contribution in [0, 0.1) is 0 Å². The summed E-state index contributed by atoms with van der Waals surface area (Å²) in [5.41, 5.74) is 2.76. The smallest absolute Gasteiger partial charge is 0.171 e. The van der Waals surface area contributed by atoms with Gasteiger partial charge in [0.1, 0.15) is 0 Å². The van der Waals surface area contributed by atoms with E-state index in [0.29, 0.717) is 0 Å². The van der Waals surface area contributed by atoms with Crippen LogP contribution < -0.4 is 4.90 Å². The number of rotatable bonds is 5. The molecule has 0 unspecified atom stereocenters. The normalized spacial score (nSPS) is 24.1. The monoisotopic (exact) mass is 346 g/mol. The van der Waals surface area contributed by atoms with Crippen molar-refractivity contribution in [1.82, 2.24) is 4.90 Å². The Morgan fingerprint density at radius 1 is 0.840 bits per heavy atom. The Balaban J connectivity index is 1.23. The van der Waals surface area contributed by atoms with E-state index < -0.39 is 0 Å². The molecule has 5 heteroatoms. The van der Waals surface area contributed by atoms with Gasteiger partial charge in [-0.2, -0.15) is 0 Å². The number of piperidine rings is 1. The number of nitrogens with zero attached hydrogens (tertiary/aromatic N) is 2. The van der Waals surface area contributed by atoms with Crippen LogP contribution in [0.2, 0.25) is 0 Å². The van der Waals surface area contributed by atoms with E-state index in [-0.39, 0.29) is 5.79 Å². The van der Waals surface area contributed by atoms with Crippen LogP contribution in [0.25, 0.3) is 0 Å². The molecule has 5 nitrogen and oxygen atoms in total. The Bertz CT molecular complexity index is 526. The first-order valence-corrected chi connectivity index (χ1v) is 9.75. The lowest BCUT2D eigenvalue weighted by Crippen LogP contribution is -2.45. The first kappa shape index (κ1) is 17.3. The molecule has 0 saturated carbocycles. The zero-order chi connectivity index (χ0) is 17.0. The van der Waals surface area contributed by atoms with Crippen molar-refractivity contribution in [3.05, 3.63) is 29.8 Å². The quantitative estimate of drug-likeness (QED) is 0.817. The Hall–Kier alpha value is -1.14. The molecule has 1 aromatic carbocycles. The van der Waals surface area contributed by atoms with Gasteiger partial charge in [0.15, 0.2) is 5.79 Å². The number of benzene rings is 1. The van der Waals surface area contributed by atoms with Crippen LogP contribution in [0.5, 0.6) is 0 Å². The number of morpholine rings is 1. The van der Waals surface area contributed by atoms with Gasteiger partial charge in [-0.05, 0) is 37.1 Å². The van der Waals surface area contributed by atoms with Crippen molar-refractivity contribution in [2.45, 2.75) is 31.5 Å². The molecule has 0 N–H and O–H groups in total. The number of aryl methyl sites for hydroxylation is 1. The molecule has 3 fully saturated rings. The van der Waals surface area contributed by atoms with Gasteiger partial charge in [-0.1, -0.05) is 12.1 Å². The summed E-state index contributed by atoms with van der Waals surface area (Å²) in [5, 5.41) is 0.